The van der Waals surface area contributed by atoms with Crippen LogP contribution in [0.4, 0.5) is 0 Å². The van der Waals surface area contributed by atoms with E-state index < -0.39 is 0 Å². The van der Waals surface area contributed by atoms with Crippen LogP contribution in [0.1, 0.15) is 57.4 Å². The Hall–Kier alpha value is -1.43. The number of ketones is 1. The average molecular weight is 439 g/mol. The number of rotatable bonds is 5. The van der Waals surface area contributed by atoms with Gasteiger partial charge >= 0.3 is 0 Å². The lowest BCUT2D eigenvalue weighted by Crippen LogP contribution is -2.40. The number of hydrogen-bond acceptors (Lipinski definition) is 4. The van der Waals surface area contributed by atoms with Crippen molar-refractivity contribution >= 4 is 46.2 Å². The molecule has 150 valence electrons. The van der Waals surface area contributed by atoms with Gasteiger partial charge in [0.15, 0.2) is 5.78 Å². The summed E-state index contributed by atoms with van der Waals surface area (Å²) >= 11 is 13.5. The van der Waals surface area contributed by atoms with Gasteiger partial charge in [0.2, 0.25) is 0 Å². The maximum atomic E-state index is 12.9. The van der Waals surface area contributed by atoms with E-state index in [9.17, 15) is 9.59 Å². The third kappa shape index (κ3) is 4.76. The predicted molar refractivity (Wildman–Crippen MR) is 115 cm³/mol. The number of Topliss-reactive ketones (excluding diaryl/α,β-unsaturated/α-hetero) is 1. The molecule has 0 radical (unpaired) electrons. The second kappa shape index (κ2) is 8.93. The van der Waals surface area contributed by atoms with E-state index in [2.05, 4.69) is 18.8 Å². The Morgan fingerprint density at radius 1 is 1.21 bits per heavy atom. The standard InChI is InChI=1S/C21H24Cl2N2O2S/c1-12(2)10-18-24-13(3)20(28-18)21(27)25-8-6-14(7-9-25)19(26)15-4-5-16(22)17(23)11-15/h4-5,11-12,14H,6-10H2,1-3H3. The van der Waals surface area contributed by atoms with Crippen LogP contribution < -0.4 is 0 Å². The molecule has 0 unspecified atom stereocenters. The molecular formula is C21H24Cl2N2O2S. The molecule has 0 saturated carbocycles. The maximum absolute atomic E-state index is 12.9. The SMILES string of the molecule is Cc1nc(CC(C)C)sc1C(=O)N1CCC(C(=O)c2ccc(Cl)c(Cl)c2)CC1. The van der Waals surface area contributed by atoms with Crippen LogP contribution in [0.15, 0.2) is 18.2 Å². The molecule has 7 heteroatoms. The van der Waals surface area contributed by atoms with E-state index in [0.29, 0.717) is 47.5 Å². The first kappa shape index (κ1) is 21.3. The van der Waals surface area contributed by atoms with Gasteiger partial charge in [-0.15, -0.1) is 11.3 Å². The molecule has 1 aromatic carbocycles. The Morgan fingerprint density at radius 2 is 1.89 bits per heavy atom. The highest BCUT2D eigenvalue weighted by Crippen LogP contribution is 2.29. The summed E-state index contributed by atoms with van der Waals surface area (Å²) in [5, 5.41) is 1.84. The predicted octanol–water partition coefficient (Wildman–Crippen LogP) is 5.69. The highest BCUT2D eigenvalue weighted by atomic mass is 35.5. The molecule has 28 heavy (non-hydrogen) atoms. The van der Waals surface area contributed by atoms with Gasteiger partial charge in [0, 0.05) is 31.0 Å². The van der Waals surface area contributed by atoms with Crippen LogP contribution in [0.25, 0.3) is 0 Å². The van der Waals surface area contributed by atoms with Gasteiger partial charge in [0.05, 0.1) is 20.7 Å². The lowest BCUT2D eigenvalue weighted by atomic mass is 9.89. The van der Waals surface area contributed by atoms with Crippen LogP contribution in [0.2, 0.25) is 10.0 Å². The molecule has 1 aliphatic heterocycles. The monoisotopic (exact) mass is 438 g/mol. The van der Waals surface area contributed by atoms with Crippen molar-refractivity contribution in [3.05, 3.63) is 49.4 Å². The number of carbonyl (C=O) groups excluding carboxylic acids is 2. The van der Waals surface area contributed by atoms with Crippen LogP contribution in [-0.4, -0.2) is 34.7 Å². The Morgan fingerprint density at radius 3 is 2.50 bits per heavy atom. The molecule has 0 bridgehead atoms. The van der Waals surface area contributed by atoms with Crippen molar-refractivity contribution in [3.63, 3.8) is 0 Å². The average Bonchev–Trinajstić information content (AvgIpc) is 3.02. The number of piperidine rings is 1. The minimum absolute atomic E-state index is 0.0328. The molecule has 3 rings (SSSR count). The number of nitrogens with zero attached hydrogens (tertiary/aromatic N) is 2. The third-order valence-electron chi connectivity index (χ3n) is 4.98. The van der Waals surface area contributed by atoms with Crippen LogP contribution in [0, 0.1) is 18.8 Å². The molecule has 2 aromatic rings. The van der Waals surface area contributed by atoms with Gasteiger partial charge in [0.1, 0.15) is 4.88 Å². The van der Waals surface area contributed by atoms with Gasteiger partial charge in [-0.3, -0.25) is 9.59 Å². The molecule has 1 aromatic heterocycles. The van der Waals surface area contributed by atoms with E-state index in [-0.39, 0.29) is 17.6 Å². The Bertz CT molecular complexity index is 887. The molecular weight excluding hydrogens is 415 g/mol. The van der Waals surface area contributed by atoms with Crippen molar-refractivity contribution in [2.75, 3.05) is 13.1 Å². The molecule has 0 spiro atoms. The van der Waals surface area contributed by atoms with Crippen LogP contribution >= 0.6 is 34.5 Å². The quantitative estimate of drug-likeness (QED) is 0.563. The fraction of sp³-hybridized carbons (Fsp3) is 0.476. The summed E-state index contributed by atoms with van der Waals surface area (Å²) in [5.74, 6) is 0.515. The van der Waals surface area contributed by atoms with Gasteiger partial charge in [-0.2, -0.15) is 0 Å². The number of aryl methyl sites for hydroxylation is 1. The molecule has 4 nitrogen and oxygen atoms in total. The number of hydrogen-bond donors (Lipinski definition) is 0. The number of likely N-dealkylation sites (tertiary alicyclic amines) is 1. The molecule has 1 amide bonds. The Kier molecular flexibility index (Phi) is 6.79. The fourth-order valence-corrected chi connectivity index (χ4v) is 5.00. The molecule has 0 N–H and O–H groups in total. The molecule has 1 aliphatic rings. The van der Waals surface area contributed by atoms with E-state index in [1.165, 1.54) is 11.3 Å². The fourth-order valence-electron chi connectivity index (χ4n) is 3.46. The van der Waals surface area contributed by atoms with Gasteiger partial charge in [0.25, 0.3) is 5.91 Å². The zero-order valence-corrected chi connectivity index (χ0v) is 18.6. The van der Waals surface area contributed by atoms with Crippen LogP contribution in [0.3, 0.4) is 0 Å². The molecule has 0 atom stereocenters. The van der Waals surface area contributed by atoms with E-state index >= 15 is 0 Å². The van der Waals surface area contributed by atoms with Gasteiger partial charge in [-0.25, -0.2) is 4.98 Å². The summed E-state index contributed by atoms with van der Waals surface area (Å²) in [6.45, 7) is 7.34. The minimum atomic E-state index is -0.0969. The Balaban J connectivity index is 1.63. The zero-order valence-electron chi connectivity index (χ0n) is 16.3. The second-order valence-corrected chi connectivity index (χ2v) is 9.58. The topological polar surface area (TPSA) is 50.3 Å². The van der Waals surface area contributed by atoms with Crippen molar-refractivity contribution in [1.82, 2.24) is 9.88 Å². The normalized spacial score (nSPS) is 15.3. The number of aromatic nitrogens is 1. The number of amides is 1. The van der Waals surface area contributed by atoms with Crippen molar-refractivity contribution in [2.24, 2.45) is 11.8 Å². The highest BCUT2D eigenvalue weighted by molar-refractivity contribution is 7.13. The van der Waals surface area contributed by atoms with Crippen LogP contribution in [0.5, 0.6) is 0 Å². The number of carbonyl (C=O) groups is 2. The Labute approximate surface area is 179 Å². The number of benzene rings is 1. The first-order chi connectivity index (χ1) is 13.3. The summed E-state index contributed by atoms with van der Waals surface area (Å²) in [6, 6.07) is 4.99. The van der Waals surface area contributed by atoms with Gasteiger partial charge in [-0.1, -0.05) is 37.0 Å². The van der Waals surface area contributed by atoms with Crippen molar-refractivity contribution < 1.29 is 9.59 Å². The zero-order chi connectivity index (χ0) is 20.4. The molecule has 2 heterocycles. The minimum Gasteiger partial charge on any atom is -0.338 e. The lowest BCUT2D eigenvalue weighted by molar-refractivity contribution is 0.0653. The second-order valence-electron chi connectivity index (χ2n) is 7.68. The largest absolute Gasteiger partial charge is 0.338 e. The summed E-state index contributed by atoms with van der Waals surface area (Å²) in [7, 11) is 0. The van der Waals surface area contributed by atoms with Crippen molar-refractivity contribution in [3.8, 4) is 0 Å². The summed E-state index contributed by atoms with van der Waals surface area (Å²) < 4.78 is 0. The smallest absolute Gasteiger partial charge is 0.265 e. The van der Waals surface area contributed by atoms with Gasteiger partial charge in [-0.05, 0) is 43.9 Å². The van der Waals surface area contributed by atoms with Crippen molar-refractivity contribution in [1.29, 1.82) is 0 Å². The first-order valence-electron chi connectivity index (χ1n) is 9.51. The van der Waals surface area contributed by atoms with Crippen LogP contribution in [-0.2, 0) is 6.42 Å². The summed E-state index contributed by atoms with van der Waals surface area (Å²) in [5.41, 5.74) is 1.38. The third-order valence-corrected chi connectivity index (χ3v) is 6.88. The first-order valence-corrected chi connectivity index (χ1v) is 11.1. The summed E-state index contributed by atoms with van der Waals surface area (Å²) in [4.78, 5) is 32.8. The highest BCUT2D eigenvalue weighted by Gasteiger charge is 2.30. The molecule has 0 aliphatic carbocycles. The molecule has 1 fully saturated rings. The van der Waals surface area contributed by atoms with Crippen molar-refractivity contribution in [2.45, 2.75) is 40.0 Å². The van der Waals surface area contributed by atoms with E-state index in [0.717, 1.165) is 22.0 Å². The van der Waals surface area contributed by atoms with E-state index in [1.54, 1.807) is 18.2 Å². The maximum Gasteiger partial charge on any atom is 0.265 e. The number of thiazole rings is 1. The van der Waals surface area contributed by atoms with Gasteiger partial charge < -0.3 is 4.90 Å². The molecule has 1 saturated heterocycles. The van der Waals surface area contributed by atoms with E-state index in [4.69, 9.17) is 23.2 Å². The number of halogens is 2. The lowest BCUT2D eigenvalue weighted by Gasteiger charge is -2.31. The summed E-state index contributed by atoms with van der Waals surface area (Å²) in [6.07, 6.45) is 2.20. The van der Waals surface area contributed by atoms with E-state index in [1.807, 2.05) is 11.8 Å².